The van der Waals surface area contributed by atoms with Crippen LogP contribution >= 0.6 is 11.8 Å². The number of nitriles is 1. The summed E-state index contributed by atoms with van der Waals surface area (Å²) >= 11 is 1.56. The van der Waals surface area contributed by atoms with Gasteiger partial charge in [0.25, 0.3) is 0 Å². The van der Waals surface area contributed by atoms with E-state index in [1.165, 1.54) is 0 Å². The minimum Gasteiger partial charge on any atom is -0.353 e. The van der Waals surface area contributed by atoms with Gasteiger partial charge in [0.2, 0.25) is 11.8 Å². The molecule has 6 nitrogen and oxygen atoms in total. The van der Waals surface area contributed by atoms with Crippen molar-refractivity contribution in [1.29, 1.82) is 5.26 Å². The Balaban J connectivity index is 2.66. The van der Waals surface area contributed by atoms with Crippen LogP contribution in [0.2, 0.25) is 0 Å². The van der Waals surface area contributed by atoms with E-state index in [0.717, 1.165) is 10.6 Å². The maximum atomic E-state index is 12.4. The molecule has 1 aromatic rings. The molecule has 0 saturated heterocycles. The number of hydrogen-bond donors (Lipinski definition) is 2. The molecule has 0 bridgehead atoms. The number of nitrogens with one attached hydrogen (secondary N) is 2. The summed E-state index contributed by atoms with van der Waals surface area (Å²) in [5.74, 6) is -0.249. The fraction of sp³-hybridized carbons (Fsp3) is 0.526. The first kappa shape index (κ1) is 22.0. The van der Waals surface area contributed by atoms with Crippen molar-refractivity contribution in [3.8, 4) is 6.07 Å². The van der Waals surface area contributed by atoms with Crippen molar-refractivity contribution in [2.24, 2.45) is 0 Å². The average Bonchev–Trinajstić information content (AvgIpc) is 2.55. The molecule has 142 valence electrons. The van der Waals surface area contributed by atoms with Crippen LogP contribution in [0.3, 0.4) is 0 Å². The number of anilines is 1. The minimum absolute atomic E-state index is 0.0781. The summed E-state index contributed by atoms with van der Waals surface area (Å²) in [5, 5.41) is 14.7. The molecule has 0 saturated carbocycles. The maximum absolute atomic E-state index is 12.4. The summed E-state index contributed by atoms with van der Waals surface area (Å²) in [4.78, 5) is 27.0. The minimum atomic E-state index is -0.162. The molecule has 2 N–H and O–H groups in total. The van der Waals surface area contributed by atoms with Crippen LogP contribution < -0.4 is 10.6 Å². The number of likely N-dealkylation sites (N-methyl/N-ethyl adjacent to an activating group) is 1. The van der Waals surface area contributed by atoms with Crippen molar-refractivity contribution in [1.82, 2.24) is 10.2 Å². The highest BCUT2D eigenvalue weighted by atomic mass is 32.2. The van der Waals surface area contributed by atoms with E-state index < -0.39 is 0 Å². The lowest BCUT2D eigenvalue weighted by atomic mass is 10.3. The van der Waals surface area contributed by atoms with Crippen LogP contribution in [0.1, 0.15) is 34.1 Å². The summed E-state index contributed by atoms with van der Waals surface area (Å²) in [6.07, 6.45) is 0.446. The van der Waals surface area contributed by atoms with Gasteiger partial charge in [-0.05, 0) is 32.5 Å². The van der Waals surface area contributed by atoms with Gasteiger partial charge in [0.15, 0.2) is 0 Å². The number of carbonyl (C=O) groups is 2. The van der Waals surface area contributed by atoms with Gasteiger partial charge in [0, 0.05) is 22.6 Å². The molecule has 1 atom stereocenters. The van der Waals surface area contributed by atoms with Crippen LogP contribution in [0.25, 0.3) is 0 Å². The first-order chi connectivity index (χ1) is 12.3. The third kappa shape index (κ3) is 8.37. The largest absolute Gasteiger partial charge is 0.353 e. The van der Waals surface area contributed by atoms with Crippen molar-refractivity contribution >= 4 is 29.3 Å². The van der Waals surface area contributed by atoms with Gasteiger partial charge in [-0.1, -0.05) is 26.0 Å². The summed E-state index contributed by atoms with van der Waals surface area (Å²) < 4.78 is 0. The van der Waals surface area contributed by atoms with E-state index >= 15 is 0 Å². The second kappa shape index (κ2) is 11.6. The monoisotopic (exact) mass is 376 g/mol. The Morgan fingerprint density at radius 1 is 1.19 bits per heavy atom. The van der Waals surface area contributed by atoms with E-state index in [-0.39, 0.29) is 36.2 Å². The van der Waals surface area contributed by atoms with Gasteiger partial charge in [-0.3, -0.25) is 14.5 Å². The quantitative estimate of drug-likeness (QED) is 0.613. The summed E-state index contributed by atoms with van der Waals surface area (Å²) in [6.45, 7) is 8.66. The SMILES string of the molecule is CCN(CC(=O)Nc1ccccc1S[C@@H](C)CC#N)CC(=O)NC(C)C. The van der Waals surface area contributed by atoms with Crippen molar-refractivity contribution in [3.63, 3.8) is 0 Å². The second-order valence-electron chi connectivity index (χ2n) is 6.36. The van der Waals surface area contributed by atoms with Crippen molar-refractivity contribution in [2.45, 2.75) is 50.3 Å². The molecule has 7 heteroatoms. The molecule has 2 amide bonds. The number of carbonyl (C=O) groups excluding carboxylic acids is 2. The molecule has 0 heterocycles. The second-order valence-corrected chi connectivity index (χ2v) is 7.84. The summed E-state index contributed by atoms with van der Waals surface area (Å²) in [6, 6.07) is 9.79. The summed E-state index contributed by atoms with van der Waals surface area (Å²) in [7, 11) is 0. The van der Waals surface area contributed by atoms with Crippen molar-refractivity contribution in [2.75, 3.05) is 25.0 Å². The van der Waals surface area contributed by atoms with Gasteiger partial charge in [-0.25, -0.2) is 0 Å². The van der Waals surface area contributed by atoms with E-state index in [1.807, 2.05) is 52.0 Å². The van der Waals surface area contributed by atoms with E-state index in [2.05, 4.69) is 16.7 Å². The van der Waals surface area contributed by atoms with Gasteiger partial charge in [-0.15, -0.1) is 11.8 Å². The van der Waals surface area contributed by atoms with Crippen LogP contribution in [0.4, 0.5) is 5.69 Å². The molecular formula is C19H28N4O2S. The predicted octanol–water partition coefficient (Wildman–Crippen LogP) is 2.87. The maximum Gasteiger partial charge on any atom is 0.238 e. The number of rotatable bonds is 10. The Morgan fingerprint density at radius 2 is 1.85 bits per heavy atom. The topological polar surface area (TPSA) is 85.2 Å². The van der Waals surface area contributed by atoms with Crippen LogP contribution in [0.5, 0.6) is 0 Å². The number of hydrogen-bond acceptors (Lipinski definition) is 5. The molecule has 26 heavy (non-hydrogen) atoms. The first-order valence-corrected chi connectivity index (χ1v) is 9.67. The molecule has 0 unspecified atom stereocenters. The fourth-order valence-electron chi connectivity index (χ4n) is 2.30. The summed E-state index contributed by atoms with van der Waals surface area (Å²) in [5.41, 5.74) is 0.731. The third-order valence-corrected chi connectivity index (χ3v) is 4.68. The zero-order valence-electron chi connectivity index (χ0n) is 15.9. The highest BCUT2D eigenvalue weighted by Crippen LogP contribution is 2.31. The highest BCUT2D eigenvalue weighted by molar-refractivity contribution is 8.00. The van der Waals surface area contributed by atoms with Gasteiger partial charge in [-0.2, -0.15) is 5.26 Å². The average molecular weight is 377 g/mol. The molecule has 1 rings (SSSR count). The number of amides is 2. The Labute approximate surface area is 160 Å². The third-order valence-electron chi connectivity index (χ3n) is 3.50. The van der Waals surface area contributed by atoms with Crippen molar-refractivity contribution < 1.29 is 9.59 Å². The first-order valence-electron chi connectivity index (χ1n) is 8.79. The molecular weight excluding hydrogens is 348 g/mol. The molecule has 0 spiro atoms. The predicted molar refractivity (Wildman–Crippen MR) is 106 cm³/mol. The highest BCUT2D eigenvalue weighted by Gasteiger charge is 2.15. The van der Waals surface area contributed by atoms with Crippen LogP contribution in [-0.4, -0.2) is 47.6 Å². The molecule has 0 aliphatic rings. The van der Waals surface area contributed by atoms with Crippen LogP contribution in [0.15, 0.2) is 29.2 Å². The van der Waals surface area contributed by atoms with E-state index in [1.54, 1.807) is 16.7 Å². The standard InChI is InChI=1S/C19H28N4O2S/c1-5-23(12-18(24)21-14(2)3)13-19(25)22-16-8-6-7-9-17(16)26-15(4)10-11-20/h6-9,14-15H,5,10,12-13H2,1-4H3,(H,21,24)(H,22,25)/t15-/m0/s1. The van der Waals surface area contributed by atoms with Gasteiger partial charge in [0.1, 0.15) is 0 Å². The lowest BCUT2D eigenvalue weighted by Crippen LogP contribution is -2.42. The Bertz CT molecular complexity index is 643. The normalized spacial score (nSPS) is 11.9. The van der Waals surface area contributed by atoms with Gasteiger partial charge < -0.3 is 10.6 Å². The van der Waals surface area contributed by atoms with Crippen LogP contribution in [-0.2, 0) is 9.59 Å². The lowest BCUT2D eigenvalue weighted by Gasteiger charge is -2.21. The van der Waals surface area contributed by atoms with Crippen LogP contribution in [0, 0.1) is 11.3 Å². The number of thioether (sulfide) groups is 1. The number of nitrogens with zero attached hydrogens (tertiary/aromatic N) is 2. The van der Waals surface area contributed by atoms with Gasteiger partial charge in [0.05, 0.1) is 24.8 Å². The lowest BCUT2D eigenvalue weighted by molar-refractivity contribution is -0.123. The van der Waals surface area contributed by atoms with E-state index in [4.69, 9.17) is 5.26 Å². The molecule has 0 radical (unpaired) electrons. The fourth-order valence-corrected chi connectivity index (χ4v) is 3.30. The smallest absolute Gasteiger partial charge is 0.238 e. The number of para-hydroxylation sites is 1. The van der Waals surface area contributed by atoms with Gasteiger partial charge >= 0.3 is 0 Å². The molecule has 0 aliphatic heterocycles. The molecule has 0 fully saturated rings. The van der Waals surface area contributed by atoms with E-state index in [0.29, 0.717) is 13.0 Å². The Hall–Kier alpha value is -2.04. The zero-order chi connectivity index (χ0) is 19.5. The molecule has 0 aromatic heterocycles. The Morgan fingerprint density at radius 3 is 2.46 bits per heavy atom. The van der Waals surface area contributed by atoms with Crippen molar-refractivity contribution in [3.05, 3.63) is 24.3 Å². The molecule has 1 aromatic carbocycles. The molecule has 0 aliphatic carbocycles. The van der Waals surface area contributed by atoms with E-state index in [9.17, 15) is 9.59 Å². The Kier molecular flexibility index (Phi) is 9.78. The number of benzene rings is 1. The zero-order valence-corrected chi connectivity index (χ0v) is 16.7.